The Kier molecular flexibility index (Phi) is 4.51. The summed E-state index contributed by atoms with van der Waals surface area (Å²) in [5, 5.41) is 7.20. The highest BCUT2D eigenvalue weighted by Gasteiger charge is 2.31. The van der Waals surface area contributed by atoms with E-state index in [0.717, 1.165) is 40.2 Å². The van der Waals surface area contributed by atoms with Crippen LogP contribution in [0.1, 0.15) is 34.9 Å². The molecule has 1 aliphatic carbocycles. The van der Waals surface area contributed by atoms with Gasteiger partial charge in [-0.05, 0) is 65.2 Å². The molecule has 6 heteroatoms. The van der Waals surface area contributed by atoms with Crippen LogP contribution in [0.5, 0.6) is 11.5 Å². The van der Waals surface area contributed by atoms with Crippen molar-refractivity contribution in [3.8, 4) is 11.5 Å². The maximum absolute atomic E-state index is 12.8. The Morgan fingerprint density at radius 1 is 1.12 bits per heavy atom. The zero-order chi connectivity index (χ0) is 18.1. The molecule has 4 rings (SSSR count). The number of benzene rings is 2. The van der Waals surface area contributed by atoms with Crippen LogP contribution in [0.25, 0.3) is 0 Å². The highest BCUT2D eigenvalue weighted by molar-refractivity contribution is 9.10. The van der Waals surface area contributed by atoms with Gasteiger partial charge in [0.2, 0.25) is 0 Å². The number of halogens is 1. The Bertz CT molecular complexity index is 918. The smallest absolute Gasteiger partial charge is 0.279 e. The SMILES string of the molecule is CN(C(=O)c1n[nH]c(C2CC2)c1Br)c1ccc(Oc2ccccc2)cc1. The van der Waals surface area contributed by atoms with E-state index in [-0.39, 0.29) is 5.91 Å². The largest absolute Gasteiger partial charge is 0.457 e. The van der Waals surface area contributed by atoms with Gasteiger partial charge in [-0.3, -0.25) is 9.89 Å². The Morgan fingerprint density at radius 3 is 2.42 bits per heavy atom. The normalized spacial score (nSPS) is 13.5. The highest BCUT2D eigenvalue weighted by Crippen LogP contribution is 2.43. The third-order valence-corrected chi connectivity index (χ3v) is 5.23. The molecule has 1 amide bonds. The standard InChI is InChI=1S/C20H18BrN3O2/c1-24(20(25)19-17(21)18(22-23-19)13-7-8-13)14-9-11-16(12-10-14)26-15-5-3-2-4-6-15/h2-6,9-13H,7-8H2,1H3,(H,22,23). The number of anilines is 1. The van der Waals surface area contributed by atoms with Gasteiger partial charge in [-0.15, -0.1) is 0 Å². The fraction of sp³-hybridized carbons (Fsp3) is 0.200. The number of hydrogen-bond acceptors (Lipinski definition) is 3. The number of aromatic nitrogens is 2. The van der Waals surface area contributed by atoms with Crippen molar-refractivity contribution in [2.75, 3.05) is 11.9 Å². The molecule has 1 aromatic heterocycles. The zero-order valence-corrected chi connectivity index (χ0v) is 15.9. The van der Waals surface area contributed by atoms with E-state index in [1.165, 1.54) is 0 Å². The first-order chi connectivity index (χ1) is 12.6. The molecule has 5 nitrogen and oxygen atoms in total. The molecule has 1 fully saturated rings. The quantitative estimate of drug-likeness (QED) is 0.633. The molecule has 0 unspecified atom stereocenters. The van der Waals surface area contributed by atoms with Gasteiger partial charge in [0.05, 0.1) is 10.2 Å². The van der Waals surface area contributed by atoms with Crippen LogP contribution in [0.15, 0.2) is 59.1 Å². The van der Waals surface area contributed by atoms with E-state index in [1.807, 2.05) is 54.6 Å². The van der Waals surface area contributed by atoms with Crippen molar-refractivity contribution in [3.63, 3.8) is 0 Å². The monoisotopic (exact) mass is 411 g/mol. The molecule has 1 N–H and O–H groups in total. The van der Waals surface area contributed by atoms with E-state index in [4.69, 9.17) is 4.74 Å². The number of aromatic amines is 1. The summed E-state index contributed by atoms with van der Waals surface area (Å²) >= 11 is 3.52. The summed E-state index contributed by atoms with van der Waals surface area (Å²) in [7, 11) is 1.74. The summed E-state index contributed by atoms with van der Waals surface area (Å²) in [5.74, 6) is 1.84. The van der Waals surface area contributed by atoms with E-state index >= 15 is 0 Å². The molecular weight excluding hydrogens is 394 g/mol. The molecule has 0 bridgehead atoms. The van der Waals surface area contributed by atoms with Crippen molar-refractivity contribution in [2.24, 2.45) is 0 Å². The van der Waals surface area contributed by atoms with Crippen LogP contribution in [0.2, 0.25) is 0 Å². The van der Waals surface area contributed by atoms with Crippen molar-refractivity contribution in [1.29, 1.82) is 0 Å². The minimum atomic E-state index is -0.156. The number of ether oxygens (including phenoxy) is 1. The molecule has 3 aromatic rings. The van der Waals surface area contributed by atoms with Gasteiger partial charge >= 0.3 is 0 Å². The minimum absolute atomic E-state index is 0.156. The van der Waals surface area contributed by atoms with Crippen molar-refractivity contribution in [2.45, 2.75) is 18.8 Å². The van der Waals surface area contributed by atoms with Gasteiger partial charge in [0, 0.05) is 18.7 Å². The van der Waals surface area contributed by atoms with Crippen LogP contribution >= 0.6 is 15.9 Å². The lowest BCUT2D eigenvalue weighted by Gasteiger charge is -2.17. The third-order valence-electron chi connectivity index (χ3n) is 4.43. The van der Waals surface area contributed by atoms with Gasteiger partial charge in [-0.2, -0.15) is 5.10 Å². The average molecular weight is 412 g/mol. The second-order valence-electron chi connectivity index (χ2n) is 6.35. The zero-order valence-electron chi connectivity index (χ0n) is 14.3. The summed E-state index contributed by atoms with van der Waals surface area (Å²) in [6, 6.07) is 17.0. The summed E-state index contributed by atoms with van der Waals surface area (Å²) in [4.78, 5) is 14.4. The number of amides is 1. The van der Waals surface area contributed by atoms with Crippen molar-refractivity contribution >= 4 is 27.5 Å². The minimum Gasteiger partial charge on any atom is -0.457 e. The van der Waals surface area contributed by atoms with Gasteiger partial charge in [0.1, 0.15) is 11.5 Å². The van der Waals surface area contributed by atoms with Crippen LogP contribution in [-0.4, -0.2) is 23.2 Å². The van der Waals surface area contributed by atoms with Gasteiger partial charge < -0.3 is 9.64 Å². The predicted molar refractivity (Wildman–Crippen MR) is 104 cm³/mol. The number of nitrogens with zero attached hydrogens (tertiary/aromatic N) is 2. The van der Waals surface area contributed by atoms with Gasteiger partial charge in [-0.25, -0.2) is 0 Å². The molecule has 0 spiro atoms. The van der Waals surface area contributed by atoms with E-state index in [9.17, 15) is 4.79 Å². The molecule has 0 aliphatic heterocycles. The van der Waals surface area contributed by atoms with Gasteiger partial charge in [-0.1, -0.05) is 18.2 Å². The molecule has 26 heavy (non-hydrogen) atoms. The van der Waals surface area contributed by atoms with Crippen LogP contribution in [0.3, 0.4) is 0 Å². The number of H-pyrrole nitrogens is 1. The third kappa shape index (κ3) is 3.37. The maximum Gasteiger partial charge on any atom is 0.279 e. The molecular formula is C20H18BrN3O2. The first kappa shape index (κ1) is 16.8. The summed E-state index contributed by atoms with van der Waals surface area (Å²) < 4.78 is 6.56. The molecule has 132 valence electrons. The Labute approximate surface area is 160 Å². The molecule has 1 heterocycles. The lowest BCUT2D eigenvalue weighted by Crippen LogP contribution is -2.26. The Hall–Kier alpha value is -2.60. The Morgan fingerprint density at radius 2 is 1.77 bits per heavy atom. The first-order valence-electron chi connectivity index (χ1n) is 8.48. The molecule has 2 aromatic carbocycles. The molecule has 1 aliphatic rings. The highest BCUT2D eigenvalue weighted by atomic mass is 79.9. The number of nitrogens with one attached hydrogen (secondary N) is 1. The van der Waals surface area contributed by atoms with Crippen molar-refractivity contribution in [3.05, 3.63) is 70.5 Å². The summed E-state index contributed by atoms with van der Waals surface area (Å²) in [5.41, 5.74) is 2.21. The van der Waals surface area contributed by atoms with E-state index in [0.29, 0.717) is 11.6 Å². The maximum atomic E-state index is 12.8. The molecule has 0 radical (unpaired) electrons. The molecule has 0 atom stereocenters. The topological polar surface area (TPSA) is 58.2 Å². The fourth-order valence-corrected chi connectivity index (χ4v) is 3.44. The van der Waals surface area contributed by atoms with Crippen molar-refractivity contribution < 1.29 is 9.53 Å². The van der Waals surface area contributed by atoms with Crippen LogP contribution in [0, 0.1) is 0 Å². The number of rotatable bonds is 5. The predicted octanol–water partition coefficient (Wildman–Crippen LogP) is 5.12. The Balaban J connectivity index is 1.49. The van der Waals surface area contributed by atoms with E-state index < -0.39 is 0 Å². The second-order valence-corrected chi connectivity index (χ2v) is 7.14. The molecule has 1 saturated carbocycles. The lowest BCUT2D eigenvalue weighted by atomic mass is 10.2. The summed E-state index contributed by atoms with van der Waals surface area (Å²) in [6.45, 7) is 0. The second kappa shape index (κ2) is 6.96. The van der Waals surface area contributed by atoms with E-state index in [2.05, 4.69) is 26.1 Å². The lowest BCUT2D eigenvalue weighted by molar-refractivity contribution is 0.0987. The molecule has 0 saturated heterocycles. The number of para-hydroxylation sites is 1. The van der Waals surface area contributed by atoms with Crippen LogP contribution in [0.4, 0.5) is 5.69 Å². The average Bonchev–Trinajstić information content (AvgIpc) is 3.44. The van der Waals surface area contributed by atoms with Crippen LogP contribution in [-0.2, 0) is 0 Å². The van der Waals surface area contributed by atoms with E-state index in [1.54, 1.807) is 11.9 Å². The van der Waals surface area contributed by atoms with Crippen LogP contribution < -0.4 is 9.64 Å². The number of carbonyl (C=O) groups is 1. The number of carbonyl (C=O) groups excluding carboxylic acids is 1. The summed E-state index contributed by atoms with van der Waals surface area (Å²) in [6.07, 6.45) is 2.29. The fourth-order valence-electron chi connectivity index (χ4n) is 2.76. The first-order valence-corrected chi connectivity index (χ1v) is 9.27. The number of hydrogen-bond donors (Lipinski definition) is 1. The van der Waals surface area contributed by atoms with Gasteiger partial charge in [0.15, 0.2) is 5.69 Å². The van der Waals surface area contributed by atoms with Crippen molar-refractivity contribution in [1.82, 2.24) is 10.2 Å². The van der Waals surface area contributed by atoms with Gasteiger partial charge in [0.25, 0.3) is 5.91 Å².